The van der Waals surface area contributed by atoms with E-state index in [0.717, 1.165) is 22.1 Å². The lowest BCUT2D eigenvalue weighted by atomic mass is 9.76. The molecule has 1 aromatic heterocycles. The van der Waals surface area contributed by atoms with Gasteiger partial charge >= 0.3 is 0 Å². The molecule has 3 aromatic carbocycles. The fraction of sp³-hybridized carbons (Fsp3) is 0.0417. The molecule has 26 heavy (non-hydrogen) atoms. The Morgan fingerprint density at radius 3 is 2.12 bits per heavy atom. The lowest BCUT2D eigenvalue weighted by Crippen LogP contribution is -2.33. The van der Waals surface area contributed by atoms with Gasteiger partial charge in [-0.3, -0.25) is 4.98 Å². The van der Waals surface area contributed by atoms with E-state index in [2.05, 4.69) is 77.8 Å². The summed E-state index contributed by atoms with van der Waals surface area (Å²) in [5, 5.41) is 2.32. The Morgan fingerprint density at radius 1 is 0.731 bits per heavy atom. The van der Waals surface area contributed by atoms with Crippen molar-refractivity contribution < 1.29 is 4.74 Å². The highest BCUT2D eigenvalue weighted by molar-refractivity contribution is 5.92. The first-order chi connectivity index (χ1) is 12.9. The van der Waals surface area contributed by atoms with Gasteiger partial charge in [-0.25, -0.2) is 0 Å². The van der Waals surface area contributed by atoms with E-state index in [-0.39, 0.29) is 0 Å². The Morgan fingerprint density at radius 2 is 1.42 bits per heavy atom. The number of ether oxygens (including phenoxy) is 1. The fourth-order valence-electron chi connectivity index (χ4n) is 3.91. The monoisotopic (exact) mass is 335 g/mol. The molecule has 0 aliphatic carbocycles. The standard InChI is InChI=1S/C24H17NO/c1-3-7-19(8-4-1)24(20-9-5-2-6-10-20)23-12-11-18-17-25-15-13-21(18)22(23)14-16-26-24/h1-17H. The van der Waals surface area contributed by atoms with Gasteiger partial charge in [0.1, 0.15) is 0 Å². The van der Waals surface area contributed by atoms with Crippen LogP contribution in [-0.4, -0.2) is 4.98 Å². The number of rotatable bonds is 2. The van der Waals surface area contributed by atoms with Crippen molar-refractivity contribution >= 4 is 16.8 Å². The number of hydrogen-bond acceptors (Lipinski definition) is 2. The molecule has 0 unspecified atom stereocenters. The second kappa shape index (κ2) is 5.85. The molecule has 0 radical (unpaired) electrons. The number of pyridine rings is 1. The molecule has 0 spiro atoms. The molecule has 0 N–H and O–H groups in total. The Labute approximate surface area is 152 Å². The van der Waals surface area contributed by atoms with E-state index < -0.39 is 5.60 Å². The molecule has 1 aliphatic heterocycles. The summed E-state index contributed by atoms with van der Waals surface area (Å²) >= 11 is 0. The maximum atomic E-state index is 6.42. The predicted octanol–water partition coefficient (Wildman–Crippen LogP) is 5.53. The molecule has 4 aromatic rings. The van der Waals surface area contributed by atoms with Crippen LogP contribution in [0.2, 0.25) is 0 Å². The second-order valence-electron chi connectivity index (χ2n) is 6.46. The molecule has 2 heteroatoms. The lowest BCUT2D eigenvalue weighted by molar-refractivity contribution is 0.0960. The van der Waals surface area contributed by atoms with Gasteiger partial charge in [-0.05, 0) is 23.1 Å². The van der Waals surface area contributed by atoms with Gasteiger partial charge in [-0.15, -0.1) is 0 Å². The Bertz CT molecular complexity index is 1060. The van der Waals surface area contributed by atoms with Crippen LogP contribution in [0.3, 0.4) is 0 Å². The van der Waals surface area contributed by atoms with Gasteiger partial charge in [0.05, 0.1) is 6.26 Å². The van der Waals surface area contributed by atoms with Crippen molar-refractivity contribution in [2.24, 2.45) is 0 Å². The molecule has 0 amide bonds. The van der Waals surface area contributed by atoms with Crippen molar-refractivity contribution in [3.05, 3.63) is 120 Å². The van der Waals surface area contributed by atoms with E-state index in [1.165, 1.54) is 10.9 Å². The highest BCUT2D eigenvalue weighted by Crippen LogP contribution is 2.46. The average molecular weight is 335 g/mol. The fourth-order valence-corrected chi connectivity index (χ4v) is 3.91. The van der Waals surface area contributed by atoms with Crippen LogP contribution < -0.4 is 0 Å². The SMILES string of the molecule is C1=Cc2c(ccc3cnccc23)C(c2ccccc2)(c2ccccc2)O1. The lowest BCUT2D eigenvalue weighted by Gasteiger charge is -2.38. The third-order valence-electron chi connectivity index (χ3n) is 5.08. The summed E-state index contributed by atoms with van der Waals surface area (Å²) in [4.78, 5) is 4.26. The minimum Gasteiger partial charge on any atom is -0.481 e. The zero-order valence-electron chi connectivity index (χ0n) is 14.2. The molecule has 2 heterocycles. The summed E-state index contributed by atoms with van der Waals surface area (Å²) < 4.78 is 6.42. The van der Waals surface area contributed by atoms with Gasteiger partial charge in [-0.2, -0.15) is 0 Å². The summed E-state index contributed by atoms with van der Waals surface area (Å²) in [5.74, 6) is 0. The maximum Gasteiger partial charge on any atom is 0.184 e. The number of nitrogens with zero attached hydrogens (tertiary/aromatic N) is 1. The number of hydrogen-bond donors (Lipinski definition) is 0. The number of benzene rings is 3. The third-order valence-corrected chi connectivity index (χ3v) is 5.08. The first-order valence-electron chi connectivity index (χ1n) is 8.72. The van der Waals surface area contributed by atoms with Gasteiger partial charge in [0, 0.05) is 34.5 Å². The Kier molecular flexibility index (Phi) is 3.36. The normalized spacial score (nSPS) is 14.6. The third kappa shape index (κ3) is 2.09. The van der Waals surface area contributed by atoms with Crippen LogP contribution in [0, 0.1) is 0 Å². The van der Waals surface area contributed by atoms with Gasteiger partial charge in [0.2, 0.25) is 0 Å². The van der Waals surface area contributed by atoms with Crippen LogP contribution in [-0.2, 0) is 10.3 Å². The van der Waals surface area contributed by atoms with Crippen molar-refractivity contribution in [3.63, 3.8) is 0 Å². The zero-order valence-corrected chi connectivity index (χ0v) is 14.2. The first-order valence-corrected chi connectivity index (χ1v) is 8.72. The largest absolute Gasteiger partial charge is 0.481 e. The zero-order chi connectivity index (χ0) is 17.4. The smallest absolute Gasteiger partial charge is 0.184 e. The van der Waals surface area contributed by atoms with Gasteiger partial charge < -0.3 is 4.74 Å². The molecule has 0 atom stereocenters. The highest BCUT2D eigenvalue weighted by Gasteiger charge is 2.41. The summed E-state index contributed by atoms with van der Waals surface area (Å²) in [6.07, 6.45) is 7.63. The van der Waals surface area contributed by atoms with E-state index in [1.54, 1.807) is 0 Å². The van der Waals surface area contributed by atoms with Crippen molar-refractivity contribution in [3.8, 4) is 0 Å². The number of aromatic nitrogens is 1. The van der Waals surface area contributed by atoms with Crippen molar-refractivity contribution in [1.82, 2.24) is 4.98 Å². The molecule has 0 saturated heterocycles. The minimum absolute atomic E-state index is 0.663. The Hall–Kier alpha value is -3.39. The van der Waals surface area contributed by atoms with E-state index >= 15 is 0 Å². The molecule has 0 bridgehead atoms. The molecular weight excluding hydrogens is 318 g/mol. The molecular formula is C24H17NO. The summed E-state index contributed by atoms with van der Waals surface area (Å²) in [6, 6.07) is 27.2. The first kappa shape index (κ1) is 14.9. The Balaban J connectivity index is 1.89. The van der Waals surface area contributed by atoms with Crippen LogP contribution in [0.25, 0.3) is 16.8 Å². The van der Waals surface area contributed by atoms with Crippen LogP contribution >= 0.6 is 0 Å². The van der Waals surface area contributed by atoms with Crippen LogP contribution in [0.5, 0.6) is 0 Å². The van der Waals surface area contributed by atoms with Crippen LogP contribution in [0.1, 0.15) is 22.3 Å². The topological polar surface area (TPSA) is 22.1 Å². The summed E-state index contributed by atoms with van der Waals surface area (Å²) in [6.45, 7) is 0. The predicted molar refractivity (Wildman–Crippen MR) is 105 cm³/mol. The molecule has 0 fully saturated rings. The van der Waals surface area contributed by atoms with E-state index in [4.69, 9.17) is 4.74 Å². The van der Waals surface area contributed by atoms with E-state index in [0.29, 0.717) is 0 Å². The van der Waals surface area contributed by atoms with Gasteiger partial charge in [0.15, 0.2) is 5.60 Å². The van der Waals surface area contributed by atoms with Gasteiger partial charge in [-0.1, -0.05) is 72.8 Å². The quantitative estimate of drug-likeness (QED) is 0.481. The molecule has 124 valence electrons. The van der Waals surface area contributed by atoms with Crippen molar-refractivity contribution in [1.29, 1.82) is 0 Å². The molecule has 1 aliphatic rings. The van der Waals surface area contributed by atoms with Gasteiger partial charge in [0.25, 0.3) is 0 Å². The van der Waals surface area contributed by atoms with E-state index in [1.807, 2.05) is 30.8 Å². The van der Waals surface area contributed by atoms with E-state index in [9.17, 15) is 0 Å². The second-order valence-corrected chi connectivity index (χ2v) is 6.46. The average Bonchev–Trinajstić information content (AvgIpc) is 2.74. The van der Waals surface area contributed by atoms with Crippen LogP contribution in [0.4, 0.5) is 0 Å². The van der Waals surface area contributed by atoms with Crippen LogP contribution in [0.15, 0.2) is 97.5 Å². The molecule has 2 nitrogen and oxygen atoms in total. The highest BCUT2D eigenvalue weighted by atomic mass is 16.5. The number of fused-ring (bicyclic) bond motifs is 3. The summed E-state index contributed by atoms with van der Waals surface area (Å²) in [7, 11) is 0. The van der Waals surface area contributed by atoms with Crippen molar-refractivity contribution in [2.45, 2.75) is 5.60 Å². The molecule has 0 saturated carbocycles. The van der Waals surface area contributed by atoms with Crippen molar-refractivity contribution in [2.75, 3.05) is 0 Å². The minimum atomic E-state index is -0.663. The summed E-state index contributed by atoms with van der Waals surface area (Å²) in [5.41, 5.74) is 3.90. The maximum absolute atomic E-state index is 6.42. The molecule has 5 rings (SSSR count).